The van der Waals surface area contributed by atoms with E-state index < -0.39 is 0 Å². The molecule has 3 N–H and O–H groups in total. The van der Waals surface area contributed by atoms with Crippen LogP contribution in [0.3, 0.4) is 0 Å². The molecule has 74 valence electrons. The average Bonchev–Trinajstić information content (AvgIpc) is 2.47. The van der Waals surface area contributed by atoms with Crippen LogP contribution in [0.15, 0.2) is 0 Å². The molecule has 0 aliphatic carbocycles. The predicted molar refractivity (Wildman–Crippen MR) is 47.8 cm³/mol. The van der Waals surface area contributed by atoms with Gasteiger partial charge in [0.2, 0.25) is 11.8 Å². The van der Waals surface area contributed by atoms with Gasteiger partial charge in [-0.25, -0.2) is 0 Å². The number of nitrogens with zero attached hydrogens (tertiary/aromatic N) is 1. The first-order valence-corrected chi connectivity index (χ1v) is 4.38. The van der Waals surface area contributed by atoms with E-state index in [2.05, 4.69) is 5.32 Å². The molecule has 0 aromatic carbocycles. The summed E-state index contributed by atoms with van der Waals surface area (Å²) in [4.78, 5) is 24.1. The molecular weight excluding hydrogens is 170 g/mol. The molecule has 5 nitrogen and oxygen atoms in total. The lowest BCUT2D eigenvalue weighted by atomic mass is 10.1. The molecule has 1 atom stereocenters. The Kier molecular flexibility index (Phi) is 3.25. The van der Waals surface area contributed by atoms with Gasteiger partial charge in [-0.2, -0.15) is 0 Å². The number of hydrogen-bond donors (Lipinski definition) is 2. The first-order chi connectivity index (χ1) is 6.19. The van der Waals surface area contributed by atoms with E-state index in [1.807, 2.05) is 0 Å². The fourth-order valence-corrected chi connectivity index (χ4v) is 1.52. The van der Waals surface area contributed by atoms with Crippen molar-refractivity contribution in [1.82, 2.24) is 10.2 Å². The van der Waals surface area contributed by atoms with Gasteiger partial charge in [0.15, 0.2) is 0 Å². The third kappa shape index (κ3) is 2.18. The van der Waals surface area contributed by atoms with Crippen LogP contribution in [0, 0.1) is 5.92 Å². The molecule has 0 spiro atoms. The van der Waals surface area contributed by atoms with E-state index >= 15 is 0 Å². The Bertz CT molecular complexity index is 217. The second-order valence-electron chi connectivity index (χ2n) is 3.14. The Labute approximate surface area is 77.3 Å². The van der Waals surface area contributed by atoms with E-state index in [1.54, 1.807) is 11.9 Å². The van der Waals surface area contributed by atoms with E-state index in [9.17, 15) is 9.59 Å². The van der Waals surface area contributed by atoms with Crippen molar-refractivity contribution in [3.05, 3.63) is 0 Å². The summed E-state index contributed by atoms with van der Waals surface area (Å²) in [5.41, 5.74) is 5.33. The Hall–Kier alpha value is -1.10. The highest BCUT2D eigenvalue weighted by molar-refractivity contribution is 5.89. The smallest absolute Gasteiger partial charge is 0.225 e. The van der Waals surface area contributed by atoms with Crippen molar-refractivity contribution in [3.63, 3.8) is 0 Å². The van der Waals surface area contributed by atoms with Gasteiger partial charge in [0.25, 0.3) is 0 Å². The van der Waals surface area contributed by atoms with E-state index in [0.717, 1.165) is 0 Å². The van der Waals surface area contributed by atoms with Gasteiger partial charge < -0.3 is 16.0 Å². The van der Waals surface area contributed by atoms with Gasteiger partial charge in [-0.3, -0.25) is 9.59 Å². The molecule has 0 aromatic rings. The normalized spacial score (nSPS) is 22.2. The minimum atomic E-state index is -0.191. The van der Waals surface area contributed by atoms with Crippen LogP contribution in [0.25, 0.3) is 0 Å². The lowest BCUT2D eigenvalue weighted by molar-refractivity contribution is -0.128. The van der Waals surface area contributed by atoms with Gasteiger partial charge in [0, 0.05) is 33.1 Å². The highest BCUT2D eigenvalue weighted by Crippen LogP contribution is 2.16. The molecule has 0 radical (unpaired) electrons. The Morgan fingerprint density at radius 1 is 1.77 bits per heavy atom. The minimum Gasteiger partial charge on any atom is -0.359 e. The lowest BCUT2D eigenvalue weighted by Crippen LogP contribution is -2.33. The van der Waals surface area contributed by atoms with Crippen molar-refractivity contribution in [2.45, 2.75) is 6.42 Å². The predicted octanol–water partition coefficient (Wildman–Crippen LogP) is -1.46. The van der Waals surface area contributed by atoms with Crippen LogP contribution in [0.4, 0.5) is 0 Å². The monoisotopic (exact) mass is 185 g/mol. The molecule has 13 heavy (non-hydrogen) atoms. The molecule has 1 aliphatic rings. The van der Waals surface area contributed by atoms with Crippen molar-refractivity contribution < 1.29 is 9.59 Å². The Balaban J connectivity index is 2.49. The summed E-state index contributed by atoms with van der Waals surface area (Å²) >= 11 is 0. The number of likely N-dealkylation sites (tertiary alicyclic amines) is 1. The van der Waals surface area contributed by atoms with Gasteiger partial charge >= 0.3 is 0 Å². The fraction of sp³-hybridized carbons (Fsp3) is 0.750. The van der Waals surface area contributed by atoms with Gasteiger partial charge in [-0.15, -0.1) is 0 Å². The molecule has 0 bridgehead atoms. The fourth-order valence-electron chi connectivity index (χ4n) is 1.52. The van der Waals surface area contributed by atoms with Crippen LogP contribution in [0.5, 0.6) is 0 Å². The van der Waals surface area contributed by atoms with Crippen LogP contribution in [-0.4, -0.2) is 43.4 Å². The first-order valence-electron chi connectivity index (χ1n) is 4.38. The molecule has 1 unspecified atom stereocenters. The third-order valence-electron chi connectivity index (χ3n) is 2.23. The second kappa shape index (κ2) is 4.23. The maximum Gasteiger partial charge on any atom is 0.225 e. The summed E-state index contributed by atoms with van der Waals surface area (Å²) in [6, 6.07) is 0. The standard InChI is InChI=1S/C8H15N3O2/c1-10-8(13)6-4-7(12)11(5-6)3-2-9/h6H,2-5,9H2,1H3,(H,10,13). The van der Waals surface area contributed by atoms with E-state index in [1.165, 1.54) is 0 Å². The minimum absolute atomic E-state index is 0.0269. The molecule has 1 heterocycles. The summed E-state index contributed by atoms with van der Waals surface area (Å²) in [6.07, 6.45) is 0.319. The topological polar surface area (TPSA) is 75.4 Å². The molecule has 1 rings (SSSR count). The van der Waals surface area contributed by atoms with Gasteiger partial charge in [-0.05, 0) is 0 Å². The summed E-state index contributed by atoms with van der Waals surface area (Å²) in [5, 5.41) is 2.54. The van der Waals surface area contributed by atoms with Crippen molar-refractivity contribution >= 4 is 11.8 Å². The summed E-state index contributed by atoms with van der Waals surface area (Å²) in [7, 11) is 1.58. The molecule has 0 aromatic heterocycles. The van der Waals surface area contributed by atoms with E-state index in [0.29, 0.717) is 26.1 Å². The summed E-state index contributed by atoms with van der Waals surface area (Å²) < 4.78 is 0. The third-order valence-corrected chi connectivity index (χ3v) is 2.23. The van der Waals surface area contributed by atoms with Gasteiger partial charge in [0.1, 0.15) is 0 Å². The summed E-state index contributed by atoms with van der Waals surface area (Å²) in [6.45, 7) is 1.51. The van der Waals surface area contributed by atoms with Crippen molar-refractivity contribution in [2.75, 3.05) is 26.7 Å². The van der Waals surface area contributed by atoms with Crippen molar-refractivity contribution in [3.8, 4) is 0 Å². The highest BCUT2D eigenvalue weighted by Gasteiger charge is 2.32. The van der Waals surface area contributed by atoms with Crippen LogP contribution in [-0.2, 0) is 9.59 Å². The molecule has 5 heteroatoms. The molecule has 1 aliphatic heterocycles. The van der Waals surface area contributed by atoms with E-state index in [-0.39, 0.29) is 17.7 Å². The number of carbonyl (C=O) groups excluding carboxylic acids is 2. The summed E-state index contributed by atoms with van der Waals surface area (Å²) in [5.74, 6) is -0.226. The molecular formula is C8H15N3O2. The number of carbonyl (C=O) groups is 2. The van der Waals surface area contributed by atoms with Crippen LogP contribution >= 0.6 is 0 Å². The van der Waals surface area contributed by atoms with Crippen LogP contribution < -0.4 is 11.1 Å². The zero-order valence-corrected chi connectivity index (χ0v) is 7.75. The van der Waals surface area contributed by atoms with Crippen LogP contribution in [0.2, 0.25) is 0 Å². The molecule has 1 saturated heterocycles. The number of rotatable bonds is 3. The van der Waals surface area contributed by atoms with E-state index in [4.69, 9.17) is 5.73 Å². The molecule has 2 amide bonds. The average molecular weight is 185 g/mol. The molecule has 1 fully saturated rings. The number of hydrogen-bond acceptors (Lipinski definition) is 3. The first kappa shape index (κ1) is 9.98. The van der Waals surface area contributed by atoms with Crippen LogP contribution in [0.1, 0.15) is 6.42 Å². The highest BCUT2D eigenvalue weighted by atomic mass is 16.2. The van der Waals surface area contributed by atoms with Crippen molar-refractivity contribution in [1.29, 1.82) is 0 Å². The zero-order chi connectivity index (χ0) is 9.84. The quantitative estimate of drug-likeness (QED) is 0.564. The lowest BCUT2D eigenvalue weighted by Gasteiger charge is -2.14. The second-order valence-corrected chi connectivity index (χ2v) is 3.14. The maximum atomic E-state index is 11.3. The largest absolute Gasteiger partial charge is 0.359 e. The Morgan fingerprint density at radius 2 is 2.46 bits per heavy atom. The van der Waals surface area contributed by atoms with Gasteiger partial charge in [-0.1, -0.05) is 0 Å². The SMILES string of the molecule is CNC(=O)C1CC(=O)N(CCN)C1. The zero-order valence-electron chi connectivity index (χ0n) is 7.75. The number of nitrogens with two attached hydrogens (primary N) is 1. The Morgan fingerprint density at radius 3 is 3.00 bits per heavy atom. The number of amides is 2. The number of nitrogens with one attached hydrogen (secondary N) is 1. The van der Waals surface area contributed by atoms with Gasteiger partial charge in [0.05, 0.1) is 5.92 Å². The molecule has 0 saturated carbocycles. The van der Waals surface area contributed by atoms with Crippen molar-refractivity contribution in [2.24, 2.45) is 11.7 Å². The maximum absolute atomic E-state index is 11.3.